The molecule has 2 saturated heterocycles. The fraction of sp³-hybridized carbons (Fsp3) is 0.682. The molecule has 0 bridgehead atoms. The second-order valence-corrected chi connectivity index (χ2v) is 8.91. The molecule has 0 unspecified atom stereocenters. The maximum absolute atomic E-state index is 13.6. The van der Waals surface area contributed by atoms with Crippen LogP contribution >= 0.6 is 0 Å². The van der Waals surface area contributed by atoms with E-state index in [1.807, 2.05) is 6.07 Å². The Bertz CT molecular complexity index is 599. The van der Waals surface area contributed by atoms with Crippen LogP contribution in [-0.2, 0) is 10.2 Å². The van der Waals surface area contributed by atoms with Gasteiger partial charge in [-0.1, -0.05) is 44.2 Å². The van der Waals surface area contributed by atoms with Crippen molar-refractivity contribution in [2.24, 2.45) is 5.41 Å². The monoisotopic (exact) mass is 357 g/mol. The summed E-state index contributed by atoms with van der Waals surface area (Å²) in [6.07, 6.45) is 3.04. The highest BCUT2D eigenvalue weighted by molar-refractivity contribution is 5.89. The van der Waals surface area contributed by atoms with Crippen LogP contribution in [0.2, 0.25) is 0 Å². The van der Waals surface area contributed by atoms with Crippen LogP contribution in [0.25, 0.3) is 0 Å². The van der Waals surface area contributed by atoms with E-state index >= 15 is 0 Å². The maximum atomic E-state index is 13.6. The van der Waals surface area contributed by atoms with Crippen molar-refractivity contribution >= 4 is 5.91 Å². The zero-order chi connectivity index (χ0) is 18.8. The lowest BCUT2D eigenvalue weighted by atomic mass is 9.69. The standard InChI is InChI=1S/C22H35N3O/c1-5-24-15-12-22(13-16-24,19-9-7-6-8-10-19)20(26)25-17-21(2,18-25)11-14-23(3)4/h6-10H,5,11-18H2,1-4H3. The van der Waals surface area contributed by atoms with Gasteiger partial charge in [-0.3, -0.25) is 4.79 Å². The van der Waals surface area contributed by atoms with Crippen LogP contribution < -0.4 is 0 Å². The summed E-state index contributed by atoms with van der Waals surface area (Å²) in [6.45, 7) is 10.6. The number of carbonyl (C=O) groups excluding carboxylic acids is 1. The van der Waals surface area contributed by atoms with Crippen molar-refractivity contribution in [1.29, 1.82) is 0 Å². The molecule has 0 aliphatic carbocycles. The van der Waals surface area contributed by atoms with Crippen molar-refractivity contribution in [2.75, 3.05) is 53.4 Å². The molecular formula is C22H35N3O. The van der Waals surface area contributed by atoms with Gasteiger partial charge in [0.1, 0.15) is 0 Å². The minimum absolute atomic E-state index is 0.280. The first-order chi connectivity index (χ1) is 12.4. The number of piperidine rings is 1. The van der Waals surface area contributed by atoms with Crippen molar-refractivity contribution in [3.05, 3.63) is 35.9 Å². The van der Waals surface area contributed by atoms with Gasteiger partial charge in [-0.15, -0.1) is 0 Å². The molecule has 0 saturated carbocycles. The first kappa shape index (κ1) is 19.4. The summed E-state index contributed by atoms with van der Waals surface area (Å²) >= 11 is 0. The molecule has 2 heterocycles. The Hall–Kier alpha value is -1.39. The molecule has 0 aromatic heterocycles. The summed E-state index contributed by atoms with van der Waals surface area (Å²) in [5, 5.41) is 0. The molecular weight excluding hydrogens is 322 g/mol. The fourth-order valence-electron chi connectivity index (χ4n) is 4.61. The second kappa shape index (κ2) is 7.69. The Morgan fingerprint density at radius 3 is 2.27 bits per heavy atom. The summed E-state index contributed by atoms with van der Waals surface area (Å²) < 4.78 is 0. The number of rotatable bonds is 6. The van der Waals surface area contributed by atoms with Gasteiger partial charge in [-0.2, -0.15) is 0 Å². The van der Waals surface area contributed by atoms with Crippen molar-refractivity contribution in [1.82, 2.24) is 14.7 Å². The van der Waals surface area contributed by atoms with Crippen LogP contribution in [0.1, 0.15) is 38.7 Å². The summed E-state index contributed by atoms with van der Waals surface area (Å²) in [6, 6.07) is 10.5. The topological polar surface area (TPSA) is 26.8 Å². The third kappa shape index (κ3) is 3.81. The molecule has 1 aromatic carbocycles. The van der Waals surface area contributed by atoms with E-state index in [0.717, 1.165) is 58.5 Å². The quantitative estimate of drug-likeness (QED) is 0.783. The van der Waals surface area contributed by atoms with Gasteiger partial charge in [0.15, 0.2) is 0 Å². The second-order valence-electron chi connectivity index (χ2n) is 8.91. The number of likely N-dealkylation sites (tertiary alicyclic amines) is 2. The third-order valence-electron chi connectivity index (χ3n) is 6.49. The van der Waals surface area contributed by atoms with Gasteiger partial charge >= 0.3 is 0 Å². The highest BCUT2D eigenvalue weighted by Crippen LogP contribution is 2.42. The highest BCUT2D eigenvalue weighted by Gasteiger charge is 2.50. The molecule has 2 fully saturated rings. The number of hydrogen-bond acceptors (Lipinski definition) is 3. The Kier molecular flexibility index (Phi) is 5.73. The number of benzene rings is 1. The van der Waals surface area contributed by atoms with E-state index < -0.39 is 0 Å². The number of hydrogen-bond donors (Lipinski definition) is 0. The maximum Gasteiger partial charge on any atom is 0.233 e. The molecule has 1 aromatic rings. The summed E-state index contributed by atoms with van der Waals surface area (Å²) in [4.78, 5) is 20.5. The third-order valence-corrected chi connectivity index (χ3v) is 6.49. The molecule has 4 nitrogen and oxygen atoms in total. The summed E-state index contributed by atoms with van der Waals surface area (Å²) in [7, 11) is 4.24. The highest BCUT2D eigenvalue weighted by atomic mass is 16.2. The molecule has 26 heavy (non-hydrogen) atoms. The van der Waals surface area contributed by atoms with Gasteiger partial charge < -0.3 is 14.7 Å². The number of amides is 1. The van der Waals surface area contributed by atoms with Crippen molar-refractivity contribution in [2.45, 2.75) is 38.5 Å². The Morgan fingerprint density at radius 1 is 1.12 bits per heavy atom. The Balaban J connectivity index is 1.73. The number of carbonyl (C=O) groups is 1. The van der Waals surface area contributed by atoms with Gasteiger partial charge in [0.2, 0.25) is 5.91 Å². The van der Waals surface area contributed by atoms with E-state index in [2.05, 4.69) is 66.9 Å². The Labute approximate surface area is 159 Å². The van der Waals surface area contributed by atoms with Crippen LogP contribution in [0.4, 0.5) is 0 Å². The average Bonchev–Trinajstić information content (AvgIpc) is 2.64. The van der Waals surface area contributed by atoms with Crippen LogP contribution in [0.3, 0.4) is 0 Å². The molecule has 0 radical (unpaired) electrons. The van der Waals surface area contributed by atoms with Crippen molar-refractivity contribution < 1.29 is 4.79 Å². The van der Waals surface area contributed by atoms with Crippen LogP contribution in [-0.4, -0.2) is 74.0 Å². The van der Waals surface area contributed by atoms with Gasteiger partial charge in [0.25, 0.3) is 0 Å². The van der Waals surface area contributed by atoms with Gasteiger partial charge in [0, 0.05) is 18.5 Å². The van der Waals surface area contributed by atoms with E-state index in [4.69, 9.17) is 0 Å². The number of nitrogens with zero attached hydrogens (tertiary/aromatic N) is 3. The van der Waals surface area contributed by atoms with Gasteiger partial charge in [-0.05, 0) is 65.1 Å². The fourth-order valence-corrected chi connectivity index (χ4v) is 4.61. The molecule has 4 heteroatoms. The van der Waals surface area contributed by atoms with E-state index in [1.165, 1.54) is 5.56 Å². The van der Waals surface area contributed by atoms with Crippen LogP contribution in [0.5, 0.6) is 0 Å². The first-order valence-corrected chi connectivity index (χ1v) is 10.1. The van der Waals surface area contributed by atoms with E-state index in [1.54, 1.807) is 0 Å². The van der Waals surface area contributed by atoms with E-state index in [-0.39, 0.29) is 10.8 Å². The predicted octanol–water partition coefficient (Wildman–Crippen LogP) is 2.84. The van der Waals surface area contributed by atoms with Crippen LogP contribution in [0.15, 0.2) is 30.3 Å². The predicted molar refractivity (Wildman–Crippen MR) is 107 cm³/mol. The van der Waals surface area contributed by atoms with E-state index in [0.29, 0.717) is 5.91 Å². The molecule has 2 aliphatic rings. The van der Waals surface area contributed by atoms with Crippen LogP contribution in [0, 0.1) is 5.41 Å². The summed E-state index contributed by atoms with van der Waals surface area (Å²) in [5.41, 5.74) is 1.17. The van der Waals surface area contributed by atoms with E-state index in [9.17, 15) is 4.79 Å². The summed E-state index contributed by atoms with van der Waals surface area (Å²) in [5.74, 6) is 0.363. The smallest absolute Gasteiger partial charge is 0.233 e. The van der Waals surface area contributed by atoms with Crippen molar-refractivity contribution in [3.8, 4) is 0 Å². The first-order valence-electron chi connectivity index (χ1n) is 10.1. The average molecular weight is 358 g/mol. The molecule has 3 rings (SSSR count). The molecule has 0 spiro atoms. The van der Waals surface area contributed by atoms with Crippen molar-refractivity contribution in [3.63, 3.8) is 0 Å². The zero-order valence-corrected chi connectivity index (χ0v) is 17.0. The zero-order valence-electron chi connectivity index (χ0n) is 17.0. The van der Waals surface area contributed by atoms with Gasteiger partial charge in [0.05, 0.1) is 5.41 Å². The Morgan fingerprint density at radius 2 is 1.73 bits per heavy atom. The molecule has 2 aliphatic heterocycles. The molecule has 1 amide bonds. The molecule has 0 atom stereocenters. The minimum Gasteiger partial charge on any atom is -0.341 e. The molecule has 0 N–H and O–H groups in total. The van der Waals surface area contributed by atoms with Gasteiger partial charge in [-0.25, -0.2) is 0 Å². The largest absolute Gasteiger partial charge is 0.341 e. The lowest BCUT2D eigenvalue weighted by molar-refractivity contribution is -0.151. The lowest BCUT2D eigenvalue weighted by Crippen LogP contribution is -2.63. The minimum atomic E-state index is -0.324. The normalized spacial score (nSPS) is 22.3. The lowest BCUT2D eigenvalue weighted by Gasteiger charge is -2.53. The SMILES string of the molecule is CCN1CCC(C(=O)N2CC(C)(CCN(C)C)C2)(c2ccccc2)CC1. The molecule has 144 valence electrons.